The van der Waals surface area contributed by atoms with Crippen molar-refractivity contribution >= 4 is 33.1 Å². The maximum Gasteiger partial charge on any atom is 0.573 e. The molecule has 29 heavy (non-hydrogen) atoms. The van der Waals surface area contributed by atoms with E-state index in [0.717, 1.165) is 21.5 Å². The molecular formula is C20H18F3N3O2S. The Morgan fingerprint density at radius 3 is 2.69 bits per heavy atom. The van der Waals surface area contributed by atoms with Crippen LogP contribution in [0.25, 0.3) is 10.2 Å². The first-order valence-corrected chi connectivity index (χ1v) is 9.90. The molecule has 9 heteroatoms. The van der Waals surface area contributed by atoms with E-state index in [4.69, 9.17) is 0 Å². The number of nitrogens with zero attached hydrogens (tertiary/aromatic N) is 3. The fraction of sp³-hybridized carbons (Fsp3) is 0.350. The molecule has 152 valence electrons. The van der Waals surface area contributed by atoms with E-state index in [2.05, 4.69) is 14.7 Å². The SMILES string of the molecule is Cc1nc(C)c2c(C)c(C(=O)N3CCCc4cc(OC(F)(F)F)ccc43)sc2n1. The molecule has 0 bridgehead atoms. The summed E-state index contributed by atoms with van der Waals surface area (Å²) < 4.78 is 41.5. The van der Waals surface area contributed by atoms with Crippen LogP contribution in [0, 0.1) is 20.8 Å². The van der Waals surface area contributed by atoms with E-state index in [9.17, 15) is 18.0 Å². The number of aromatic nitrogens is 2. The molecule has 3 aromatic rings. The molecule has 1 aromatic carbocycles. The molecule has 1 aliphatic heterocycles. The predicted molar refractivity (Wildman–Crippen MR) is 105 cm³/mol. The Morgan fingerprint density at radius 1 is 1.21 bits per heavy atom. The van der Waals surface area contributed by atoms with Crippen molar-refractivity contribution in [2.24, 2.45) is 0 Å². The van der Waals surface area contributed by atoms with Gasteiger partial charge < -0.3 is 9.64 Å². The van der Waals surface area contributed by atoms with E-state index in [1.165, 1.54) is 29.5 Å². The van der Waals surface area contributed by atoms with Gasteiger partial charge in [-0.3, -0.25) is 4.79 Å². The van der Waals surface area contributed by atoms with Crippen LogP contribution in [0.3, 0.4) is 0 Å². The van der Waals surface area contributed by atoms with E-state index in [0.29, 0.717) is 41.3 Å². The number of anilines is 1. The molecule has 0 spiro atoms. The van der Waals surface area contributed by atoms with Crippen molar-refractivity contribution < 1.29 is 22.7 Å². The van der Waals surface area contributed by atoms with Crippen molar-refractivity contribution in [2.75, 3.05) is 11.4 Å². The molecule has 0 fully saturated rings. The lowest BCUT2D eigenvalue weighted by Gasteiger charge is -2.29. The number of rotatable bonds is 2. The Hall–Kier alpha value is -2.68. The highest BCUT2D eigenvalue weighted by Crippen LogP contribution is 2.37. The summed E-state index contributed by atoms with van der Waals surface area (Å²) in [6.45, 7) is 6.08. The molecule has 0 saturated carbocycles. The lowest BCUT2D eigenvalue weighted by Crippen LogP contribution is -2.35. The third-order valence-electron chi connectivity index (χ3n) is 4.93. The first kappa shape index (κ1) is 19.6. The molecular weight excluding hydrogens is 403 g/mol. The largest absolute Gasteiger partial charge is 0.573 e. The van der Waals surface area contributed by atoms with Crippen LogP contribution in [-0.4, -0.2) is 28.8 Å². The van der Waals surface area contributed by atoms with Crippen LogP contribution in [0.15, 0.2) is 18.2 Å². The monoisotopic (exact) mass is 421 g/mol. The summed E-state index contributed by atoms with van der Waals surface area (Å²) in [7, 11) is 0. The Bertz CT molecular complexity index is 1120. The van der Waals surface area contributed by atoms with Gasteiger partial charge in [-0.2, -0.15) is 0 Å². The van der Waals surface area contributed by atoms with Gasteiger partial charge in [0.1, 0.15) is 16.4 Å². The zero-order valence-electron chi connectivity index (χ0n) is 16.1. The Balaban J connectivity index is 1.72. The number of amides is 1. The topological polar surface area (TPSA) is 55.3 Å². The van der Waals surface area contributed by atoms with Crippen LogP contribution >= 0.6 is 11.3 Å². The van der Waals surface area contributed by atoms with Crippen molar-refractivity contribution in [1.82, 2.24) is 9.97 Å². The van der Waals surface area contributed by atoms with Gasteiger partial charge in [-0.15, -0.1) is 24.5 Å². The fourth-order valence-electron chi connectivity index (χ4n) is 3.78. The molecule has 3 heterocycles. The number of halogens is 3. The maximum absolute atomic E-state index is 13.3. The number of hydrogen-bond donors (Lipinski definition) is 0. The summed E-state index contributed by atoms with van der Waals surface area (Å²) in [4.78, 5) is 25.1. The number of hydrogen-bond acceptors (Lipinski definition) is 5. The molecule has 0 aliphatic carbocycles. The quantitative estimate of drug-likeness (QED) is 0.577. The van der Waals surface area contributed by atoms with Crippen LogP contribution < -0.4 is 9.64 Å². The number of carbonyl (C=O) groups excluding carboxylic acids is 1. The number of carbonyl (C=O) groups is 1. The Kier molecular flexibility index (Phi) is 4.72. The molecule has 0 saturated heterocycles. The summed E-state index contributed by atoms with van der Waals surface area (Å²) in [5.74, 6) is 0.203. The molecule has 5 nitrogen and oxygen atoms in total. The Labute approximate surface area is 169 Å². The minimum atomic E-state index is -4.75. The number of benzene rings is 1. The summed E-state index contributed by atoms with van der Waals surface area (Å²) in [6, 6.07) is 4.12. The smallest absolute Gasteiger partial charge is 0.406 e. The number of ether oxygens (including phenoxy) is 1. The van der Waals surface area contributed by atoms with Crippen molar-refractivity contribution in [3.63, 3.8) is 0 Å². The lowest BCUT2D eigenvalue weighted by atomic mass is 10.0. The highest BCUT2D eigenvalue weighted by molar-refractivity contribution is 7.20. The van der Waals surface area contributed by atoms with Crippen molar-refractivity contribution in [3.8, 4) is 5.75 Å². The predicted octanol–water partition coefficient (Wildman–Crippen LogP) is 5.11. The fourth-order valence-corrected chi connectivity index (χ4v) is 5.01. The molecule has 2 aromatic heterocycles. The van der Waals surface area contributed by atoms with Gasteiger partial charge in [0.25, 0.3) is 5.91 Å². The standard InChI is InChI=1S/C20H18F3N3O2S/c1-10-16-11(2)24-12(3)25-18(16)29-17(10)19(27)26-8-4-5-13-9-14(6-7-15(13)26)28-20(21,22)23/h6-7,9H,4-5,8H2,1-3H3. The normalized spacial score (nSPS) is 14.2. The second kappa shape index (κ2) is 6.98. The third kappa shape index (κ3) is 3.66. The summed E-state index contributed by atoms with van der Waals surface area (Å²) >= 11 is 1.32. The first-order valence-electron chi connectivity index (χ1n) is 9.09. The van der Waals surface area contributed by atoms with E-state index >= 15 is 0 Å². The molecule has 0 atom stereocenters. The summed E-state index contributed by atoms with van der Waals surface area (Å²) in [6.07, 6.45) is -3.50. The van der Waals surface area contributed by atoms with Gasteiger partial charge in [-0.05, 0) is 62.9 Å². The lowest BCUT2D eigenvalue weighted by molar-refractivity contribution is -0.274. The average molecular weight is 421 g/mol. The second-order valence-corrected chi connectivity index (χ2v) is 7.99. The maximum atomic E-state index is 13.3. The molecule has 0 N–H and O–H groups in total. The van der Waals surface area contributed by atoms with Crippen LogP contribution in [0.5, 0.6) is 5.75 Å². The van der Waals surface area contributed by atoms with Crippen LogP contribution in [0.2, 0.25) is 0 Å². The van der Waals surface area contributed by atoms with Gasteiger partial charge in [0, 0.05) is 23.3 Å². The van der Waals surface area contributed by atoms with Crippen molar-refractivity contribution in [3.05, 3.63) is 45.7 Å². The van der Waals surface area contributed by atoms with Gasteiger partial charge in [0.2, 0.25) is 0 Å². The first-order chi connectivity index (χ1) is 13.6. The van der Waals surface area contributed by atoms with E-state index in [1.54, 1.807) is 4.90 Å². The third-order valence-corrected chi connectivity index (χ3v) is 6.10. The van der Waals surface area contributed by atoms with Crippen molar-refractivity contribution in [1.29, 1.82) is 0 Å². The van der Waals surface area contributed by atoms with Crippen LogP contribution in [-0.2, 0) is 6.42 Å². The number of fused-ring (bicyclic) bond motifs is 2. The van der Waals surface area contributed by atoms with Gasteiger partial charge in [-0.25, -0.2) is 9.97 Å². The van der Waals surface area contributed by atoms with Gasteiger partial charge in [0.05, 0.1) is 4.88 Å². The highest BCUT2D eigenvalue weighted by Gasteiger charge is 2.32. The van der Waals surface area contributed by atoms with Crippen LogP contribution in [0.4, 0.5) is 18.9 Å². The minimum absolute atomic E-state index is 0.173. The highest BCUT2D eigenvalue weighted by atomic mass is 32.1. The number of alkyl halides is 3. The number of thiophene rings is 1. The van der Waals surface area contributed by atoms with Gasteiger partial charge in [-0.1, -0.05) is 0 Å². The molecule has 1 amide bonds. The second-order valence-electron chi connectivity index (χ2n) is 6.99. The van der Waals surface area contributed by atoms with Gasteiger partial charge >= 0.3 is 6.36 Å². The van der Waals surface area contributed by atoms with Crippen molar-refractivity contribution in [2.45, 2.75) is 40.0 Å². The average Bonchev–Trinajstić information content (AvgIpc) is 2.95. The molecule has 0 unspecified atom stereocenters. The van der Waals surface area contributed by atoms with E-state index < -0.39 is 6.36 Å². The molecule has 0 radical (unpaired) electrons. The Morgan fingerprint density at radius 2 is 1.97 bits per heavy atom. The zero-order valence-corrected chi connectivity index (χ0v) is 16.9. The summed E-state index contributed by atoms with van der Waals surface area (Å²) in [5, 5.41) is 0.884. The summed E-state index contributed by atoms with van der Waals surface area (Å²) in [5.41, 5.74) is 2.94. The molecule has 4 rings (SSSR count). The van der Waals surface area contributed by atoms with Gasteiger partial charge in [0.15, 0.2) is 0 Å². The minimum Gasteiger partial charge on any atom is -0.406 e. The van der Waals surface area contributed by atoms with E-state index in [-0.39, 0.29) is 11.7 Å². The zero-order chi connectivity index (χ0) is 20.9. The van der Waals surface area contributed by atoms with Crippen LogP contribution in [0.1, 0.15) is 38.7 Å². The van der Waals surface area contributed by atoms with E-state index in [1.807, 2.05) is 20.8 Å². The molecule has 1 aliphatic rings. The number of aryl methyl sites for hydroxylation is 4.